The standard InChI is InChI=1S/C20H28N2O4/c1-16(17-6-4-3-5-7-17)14-22-15-20(26-19(22)24)9-11-21(12-10-20)18(23)8-13-25-2/h3-7,16H,8-15H2,1-2H3. The fourth-order valence-corrected chi connectivity index (χ4v) is 3.82. The average molecular weight is 360 g/mol. The first-order chi connectivity index (χ1) is 12.5. The number of ether oxygens (including phenoxy) is 2. The lowest BCUT2D eigenvalue weighted by atomic mass is 9.90. The van der Waals surface area contributed by atoms with E-state index in [-0.39, 0.29) is 17.9 Å². The van der Waals surface area contributed by atoms with Crippen molar-refractivity contribution in [1.29, 1.82) is 0 Å². The summed E-state index contributed by atoms with van der Waals surface area (Å²) < 4.78 is 10.7. The third-order valence-electron chi connectivity index (χ3n) is 5.45. The summed E-state index contributed by atoms with van der Waals surface area (Å²) in [6.07, 6.45) is 1.58. The highest BCUT2D eigenvalue weighted by Crippen LogP contribution is 2.34. The van der Waals surface area contributed by atoms with E-state index in [0.29, 0.717) is 52.0 Å². The van der Waals surface area contributed by atoms with Gasteiger partial charge in [0.15, 0.2) is 0 Å². The van der Waals surface area contributed by atoms with E-state index in [9.17, 15) is 9.59 Å². The average Bonchev–Trinajstić information content (AvgIpc) is 2.95. The molecule has 2 fully saturated rings. The van der Waals surface area contributed by atoms with E-state index < -0.39 is 5.60 Å². The van der Waals surface area contributed by atoms with Gasteiger partial charge in [0.25, 0.3) is 0 Å². The minimum absolute atomic E-state index is 0.112. The zero-order valence-corrected chi connectivity index (χ0v) is 15.6. The second kappa shape index (κ2) is 8.08. The second-order valence-electron chi connectivity index (χ2n) is 7.37. The SMILES string of the molecule is COCCC(=O)N1CCC2(CC1)CN(CC(C)c1ccccc1)C(=O)O2. The van der Waals surface area contributed by atoms with Gasteiger partial charge in [-0.1, -0.05) is 37.3 Å². The minimum Gasteiger partial charge on any atom is -0.441 e. The number of carbonyl (C=O) groups excluding carboxylic acids is 2. The number of likely N-dealkylation sites (tertiary alicyclic amines) is 1. The zero-order valence-electron chi connectivity index (χ0n) is 15.6. The van der Waals surface area contributed by atoms with E-state index >= 15 is 0 Å². The normalized spacial score (nSPS) is 20.3. The minimum atomic E-state index is -0.439. The molecule has 142 valence electrons. The Morgan fingerprint density at radius 2 is 1.96 bits per heavy atom. The smallest absolute Gasteiger partial charge is 0.410 e. The van der Waals surface area contributed by atoms with Crippen molar-refractivity contribution in [2.75, 3.05) is 39.9 Å². The van der Waals surface area contributed by atoms with Crippen LogP contribution in [0.15, 0.2) is 30.3 Å². The molecule has 1 atom stereocenters. The van der Waals surface area contributed by atoms with Crippen LogP contribution in [0, 0.1) is 0 Å². The number of methoxy groups -OCH3 is 1. The van der Waals surface area contributed by atoms with Crippen LogP contribution < -0.4 is 0 Å². The number of hydrogen-bond donors (Lipinski definition) is 0. The van der Waals surface area contributed by atoms with Crippen LogP contribution in [0.25, 0.3) is 0 Å². The van der Waals surface area contributed by atoms with Gasteiger partial charge in [0, 0.05) is 39.6 Å². The molecule has 6 nitrogen and oxygen atoms in total. The molecular weight excluding hydrogens is 332 g/mol. The first-order valence-corrected chi connectivity index (χ1v) is 9.32. The summed E-state index contributed by atoms with van der Waals surface area (Å²) in [5.74, 6) is 0.371. The van der Waals surface area contributed by atoms with E-state index in [2.05, 4.69) is 19.1 Å². The van der Waals surface area contributed by atoms with E-state index in [4.69, 9.17) is 9.47 Å². The molecule has 2 aliphatic heterocycles. The molecule has 0 saturated carbocycles. The quantitative estimate of drug-likeness (QED) is 0.782. The molecule has 2 aliphatic rings. The van der Waals surface area contributed by atoms with Gasteiger partial charge in [-0.25, -0.2) is 4.79 Å². The molecule has 1 aromatic rings. The molecule has 2 saturated heterocycles. The van der Waals surface area contributed by atoms with Gasteiger partial charge in [-0.15, -0.1) is 0 Å². The Bertz CT molecular complexity index is 626. The fourth-order valence-electron chi connectivity index (χ4n) is 3.82. The molecule has 1 aromatic carbocycles. The van der Waals surface area contributed by atoms with Gasteiger partial charge in [0.05, 0.1) is 19.6 Å². The van der Waals surface area contributed by atoms with Crippen LogP contribution in [0.5, 0.6) is 0 Å². The van der Waals surface area contributed by atoms with Crippen LogP contribution in [0.2, 0.25) is 0 Å². The van der Waals surface area contributed by atoms with Gasteiger partial charge in [-0.05, 0) is 11.5 Å². The molecular formula is C20H28N2O4. The summed E-state index contributed by atoms with van der Waals surface area (Å²) in [6.45, 7) is 5.12. The Morgan fingerprint density at radius 1 is 1.27 bits per heavy atom. The summed E-state index contributed by atoms with van der Waals surface area (Å²) in [5, 5.41) is 0. The maximum atomic E-state index is 12.4. The molecule has 1 spiro atoms. The number of piperidine rings is 1. The largest absolute Gasteiger partial charge is 0.441 e. The zero-order chi connectivity index (χ0) is 18.6. The third kappa shape index (κ3) is 4.18. The molecule has 0 N–H and O–H groups in total. The van der Waals surface area contributed by atoms with Gasteiger partial charge < -0.3 is 19.3 Å². The number of carbonyl (C=O) groups is 2. The molecule has 3 rings (SSSR count). The van der Waals surface area contributed by atoms with Crippen molar-refractivity contribution in [3.8, 4) is 0 Å². The molecule has 26 heavy (non-hydrogen) atoms. The van der Waals surface area contributed by atoms with Crippen LogP contribution >= 0.6 is 0 Å². The summed E-state index contributed by atoms with van der Waals surface area (Å²) in [5.41, 5.74) is 0.783. The Labute approximate surface area is 155 Å². The molecule has 0 aromatic heterocycles. The van der Waals surface area contributed by atoms with Crippen molar-refractivity contribution >= 4 is 12.0 Å². The van der Waals surface area contributed by atoms with Crippen molar-refractivity contribution in [1.82, 2.24) is 9.80 Å². The summed E-state index contributed by atoms with van der Waals surface area (Å²) in [7, 11) is 1.60. The lowest BCUT2D eigenvalue weighted by Gasteiger charge is -2.37. The van der Waals surface area contributed by atoms with E-state index in [1.807, 2.05) is 28.0 Å². The molecule has 2 amide bonds. The number of amides is 2. The number of rotatable bonds is 6. The Balaban J connectivity index is 1.54. The molecule has 0 bridgehead atoms. The molecule has 2 heterocycles. The molecule has 1 unspecified atom stereocenters. The number of benzene rings is 1. The van der Waals surface area contributed by atoms with Crippen molar-refractivity contribution in [3.05, 3.63) is 35.9 Å². The Hall–Kier alpha value is -2.08. The maximum Gasteiger partial charge on any atom is 0.410 e. The van der Waals surface area contributed by atoms with E-state index in [1.54, 1.807) is 7.11 Å². The highest BCUT2D eigenvalue weighted by atomic mass is 16.6. The topological polar surface area (TPSA) is 59.1 Å². The van der Waals surface area contributed by atoms with Crippen LogP contribution in [0.4, 0.5) is 4.79 Å². The predicted octanol–water partition coefficient (Wildman–Crippen LogP) is 2.64. The molecule has 6 heteroatoms. The fraction of sp³-hybridized carbons (Fsp3) is 0.600. The molecule has 0 aliphatic carbocycles. The number of hydrogen-bond acceptors (Lipinski definition) is 4. The van der Waals surface area contributed by atoms with Crippen LogP contribution in [-0.4, -0.2) is 67.3 Å². The predicted molar refractivity (Wildman–Crippen MR) is 97.9 cm³/mol. The van der Waals surface area contributed by atoms with E-state index in [1.165, 1.54) is 5.56 Å². The van der Waals surface area contributed by atoms with Crippen molar-refractivity contribution < 1.29 is 19.1 Å². The van der Waals surface area contributed by atoms with Crippen LogP contribution in [-0.2, 0) is 14.3 Å². The number of nitrogens with zero attached hydrogens (tertiary/aromatic N) is 2. The lowest BCUT2D eigenvalue weighted by Crippen LogP contribution is -2.49. The highest BCUT2D eigenvalue weighted by Gasteiger charge is 2.47. The van der Waals surface area contributed by atoms with Crippen LogP contribution in [0.3, 0.4) is 0 Å². The summed E-state index contributed by atoms with van der Waals surface area (Å²) in [6, 6.07) is 10.2. The van der Waals surface area contributed by atoms with Gasteiger partial charge in [0.1, 0.15) is 5.60 Å². The second-order valence-corrected chi connectivity index (χ2v) is 7.37. The van der Waals surface area contributed by atoms with Crippen molar-refractivity contribution in [2.24, 2.45) is 0 Å². The van der Waals surface area contributed by atoms with Gasteiger partial charge >= 0.3 is 6.09 Å². The Kier molecular flexibility index (Phi) is 5.81. The monoisotopic (exact) mass is 360 g/mol. The summed E-state index contributed by atoms with van der Waals surface area (Å²) >= 11 is 0. The van der Waals surface area contributed by atoms with Gasteiger partial charge in [-0.2, -0.15) is 0 Å². The first-order valence-electron chi connectivity index (χ1n) is 9.32. The highest BCUT2D eigenvalue weighted by molar-refractivity contribution is 5.76. The van der Waals surface area contributed by atoms with Crippen molar-refractivity contribution in [3.63, 3.8) is 0 Å². The van der Waals surface area contributed by atoms with Crippen molar-refractivity contribution in [2.45, 2.75) is 37.7 Å². The van der Waals surface area contributed by atoms with Gasteiger partial charge in [0.2, 0.25) is 5.91 Å². The summed E-state index contributed by atoms with van der Waals surface area (Å²) in [4.78, 5) is 28.2. The maximum absolute atomic E-state index is 12.4. The van der Waals surface area contributed by atoms with Gasteiger partial charge in [-0.3, -0.25) is 4.79 Å². The first kappa shape index (κ1) is 18.7. The Morgan fingerprint density at radius 3 is 2.62 bits per heavy atom. The lowest BCUT2D eigenvalue weighted by molar-refractivity contribution is -0.135. The van der Waals surface area contributed by atoms with Crippen LogP contribution in [0.1, 0.15) is 37.7 Å². The third-order valence-corrected chi connectivity index (χ3v) is 5.45. The van der Waals surface area contributed by atoms with E-state index in [0.717, 1.165) is 0 Å². The molecule has 0 radical (unpaired) electrons.